The maximum absolute atomic E-state index is 13.4. The quantitative estimate of drug-likeness (QED) is 0.705. The van der Waals surface area contributed by atoms with E-state index in [1.54, 1.807) is 11.9 Å². The highest BCUT2D eigenvalue weighted by Gasteiger charge is 2.44. The van der Waals surface area contributed by atoms with Crippen molar-refractivity contribution in [2.24, 2.45) is 11.0 Å². The zero-order valence-electron chi connectivity index (χ0n) is 15.1. The van der Waals surface area contributed by atoms with Crippen molar-refractivity contribution < 1.29 is 14.3 Å². The van der Waals surface area contributed by atoms with Crippen molar-refractivity contribution in [3.05, 3.63) is 30.3 Å². The van der Waals surface area contributed by atoms with Crippen LogP contribution in [0.15, 0.2) is 35.4 Å². The van der Waals surface area contributed by atoms with Crippen molar-refractivity contribution in [1.82, 2.24) is 4.90 Å². The van der Waals surface area contributed by atoms with E-state index in [1.165, 1.54) is 12.8 Å². The Morgan fingerprint density at radius 2 is 1.92 bits per heavy atom. The van der Waals surface area contributed by atoms with Crippen LogP contribution in [0.1, 0.15) is 39.0 Å². The zero-order chi connectivity index (χ0) is 18.1. The summed E-state index contributed by atoms with van der Waals surface area (Å²) in [5, 5.41) is 6.17. The van der Waals surface area contributed by atoms with E-state index < -0.39 is 12.0 Å². The molecule has 1 unspecified atom stereocenters. The monoisotopic (exact) mass is 355 g/mol. The maximum atomic E-state index is 13.4. The van der Waals surface area contributed by atoms with Crippen molar-refractivity contribution >= 4 is 23.3 Å². The lowest BCUT2D eigenvalue weighted by molar-refractivity contribution is -0.135. The van der Waals surface area contributed by atoms with E-state index in [0.717, 1.165) is 25.1 Å². The third kappa shape index (κ3) is 3.59. The fourth-order valence-corrected chi connectivity index (χ4v) is 3.43. The average Bonchev–Trinajstić information content (AvgIpc) is 3.58. The Bertz CT molecular complexity index is 710. The number of para-hydroxylation sites is 1. The molecule has 6 heteroatoms. The van der Waals surface area contributed by atoms with Crippen LogP contribution in [0.3, 0.4) is 0 Å². The summed E-state index contributed by atoms with van der Waals surface area (Å²) < 4.78 is 5.11. The van der Waals surface area contributed by atoms with Gasteiger partial charge in [0.15, 0.2) is 0 Å². The van der Waals surface area contributed by atoms with E-state index >= 15 is 0 Å². The summed E-state index contributed by atoms with van der Waals surface area (Å²) in [6.45, 7) is 2.92. The number of benzene rings is 1. The van der Waals surface area contributed by atoms with Crippen LogP contribution in [0.4, 0.5) is 5.69 Å². The van der Waals surface area contributed by atoms with Gasteiger partial charge in [0.1, 0.15) is 11.8 Å². The highest BCUT2D eigenvalue weighted by molar-refractivity contribution is 6.38. The zero-order valence-corrected chi connectivity index (χ0v) is 15.1. The number of carbonyl (C=O) groups excluding carboxylic acids is 2. The van der Waals surface area contributed by atoms with Gasteiger partial charge in [-0.05, 0) is 50.7 Å². The number of carbonyl (C=O) groups is 2. The molecular weight excluding hydrogens is 330 g/mol. The second-order valence-electron chi connectivity index (χ2n) is 7.33. The second-order valence-corrected chi connectivity index (χ2v) is 7.33. The molecule has 26 heavy (non-hydrogen) atoms. The number of hydrogen-bond acceptors (Lipinski definition) is 5. The largest absolute Gasteiger partial charge is 0.461 e. The molecule has 1 heterocycles. The molecule has 3 aliphatic rings. The van der Waals surface area contributed by atoms with Crippen LogP contribution in [0, 0.1) is 5.92 Å². The molecule has 0 N–H and O–H groups in total. The lowest BCUT2D eigenvalue weighted by Crippen LogP contribution is -2.47. The number of amides is 1. The molecule has 1 amide bonds. The molecule has 0 bridgehead atoms. The van der Waals surface area contributed by atoms with Gasteiger partial charge in [0.2, 0.25) is 5.91 Å². The predicted molar refractivity (Wildman–Crippen MR) is 98.9 cm³/mol. The smallest absolute Gasteiger partial charge is 0.354 e. The minimum atomic E-state index is -0.462. The maximum Gasteiger partial charge on any atom is 0.354 e. The van der Waals surface area contributed by atoms with Gasteiger partial charge in [-0.2, -0.15) is 5.10 Å². The third-order valence-electron chi connectivity index (χ3n) is 5.15. The highest BCUT2D eigenvalue weighted by Crippen LogP contribution is 2.36. The minimum absolute atomic E-state index is 0.0892. The van der Waals surface area contributed by atoms with Gasteiger partial charge in [-0.15, -0.1) is 0 Å². The van der Waals surface area contributed by atoms with Crippen LogP contribution in [-0.2, 0) is 14.3 Å². The summed E-state index contributed by atoms with van der Waals surface area (Å²) in [4.78, 5) is 27.6. The van der Waals surface area contributed by atoms with Crippen molar-refractivity contribution in [3.63, 3.8) is 0 Å². The Morgan fingerprint density at radius 3 is 2.54 bits per heavy atom. The molecule has 2 aliphatic carbocycles. The Balaban J connectivity index is 1.58. The minimum Gasteiger partial charge on any atom is -0.461 e. The van der Waals surface area contributed by atoms with E-state index in [2.05, 4.69) is 5.10 Å². The molecule has 2 fully saturated rings. The van der Waals surface area contributed by atoms with Gasteiger partial charge in [0.25, 0.3) is 0 Å². The Morgan fingerprint density at radius 1 is 1.19 bits per heavy atom. The Labute approximate surface area is 153 Å². The fourth-order valence-electron chi connectivity index (χ4n) is 3.43. The molecule has 1 aromatic rings. The number of hydrogen-bond donors (Lipinski definition) is 0. The van der Waals surface area contributed by atoms with Crippen LogP contribution in [0.2, 0.25) is 0 Å². The van der Waals surface area contributed by atoms with Crippen LogP contribution in [0.25, 0.3) is 0 Å². The SMILES string of the molecule is CCOC(=O)C1=NN(c2ccccc2)C(C(=O)N(CC2CC2)C2CC2)C1. The summed E-state index contributed by atoms with van der Waals surface area (Å²) in [5.74, 6) is 0.312. The molecule has 1 aromatic carbocycles. The number of nitrogens with zero attached hydrogens (tertiary/aromatic N) is 3. The standard InChI is InChI=1S/C20H25N3O3/c1-2-26-20(25)17-12-18(23(21-17)16-6-4-3-5-7-16)19(24)22(15-10-11-15)13-14-8-9-14/h3-7,14-15,18H,2,8-13H2,1H3. The molecule has 138 valence electrons. The first kappa shape index (κ1) is 17.1. The molecule has 0 spiro atoms. The third-order valence-corrected chi connectivity index (χ3v) is 5.15. The number of esters is 1. The summed E-state index contributed by atoms with van der Waals surface area (Å²) in [7, 11) is 0. The average molecular weight is 355 g/mol. The lowest BCUT2D eigenvalue weighted by Gasteiger charge is -2.30. The Kier molecular flexibility index (Phi) is 4.66. The van der Waals surface area contributed by atoms with E-state index in [-0.39, 0.29) is 5.91 Å². The topological polar surface area (TPSA) is 62.2 Å². The van der Waals surface area contributed by atoms with E-state index in [4.69, 9.17) is 4.74 Å². The number of rotatable bonds is 7. The molecule has 0 aromatic heterocycles. The first-order valence-corrected chi connectivity index (χ1v) is 9.56. The van der Waals surface area contributed by atoms with Gasteiger partial charge >= 0.3 is 5.97 Å². The predicted octanol–water partition coefficient (Wildman–Crippen LogP) is 2.59. The number of anilines is 1. The molecule has 0 radical (unpaired) electrons. The number of hydrazone groups is 1. The first-order chi connectivity index (χ1) is 12.7. The molecule has 6 nitrogen and oxygen atoms in total. The van der Waals surface area contributed by atoms with Crippen molar-refractivity contribution in [3.8, 4) is 0 Å². The van der Waals surface area contributed by atoms with E-state index in [1.807, 2.05) is 35.2 Å². The van der Waals surface area contributed by atoms with Crippen LogP contribution in [0.5, 0.6) is 0 Å². The lowest BCUT2D eigenvalue weighted by atomic mass is 10.1. The fraction of sp³-hybridized carbons (Fsp3) is 0.550. The van der Waals surface area contributed by atoms with Gasteiger partial charge in [-0.3, -0.25) is 9.80 Å². The molecule has 2 saturated carbocycles. The van der Waals surface area contributed by atoms with Crippen molar-refractivity contribution in [1.29, 1.82) is 0 Å². The van der Waals surface area contributed by atoms with Gasteiger partial charge in [0.05, 0.1) is 12.3 Å². The highest BCUT2D eigenvalue weighted by atomic mass is 16.5. The van der Waals surface area contributed by atoms with Gasteiger partial charge in [-0.1, -0.05) is 18.2 Å². The molecule has 1 atom stereocenters. The molecular formula is C20H25N3O3. The first-order valence-electron chi connectivity index (χ1n) is 9.56. The van der Waals surface area contributed by atoms with Crippen molar-refractivity contribution in [2.45, 2.75) is 51.1 Å². The van der Waals surface area contributed by atoms with Gasteiger partial charge < -0.3 is 9.64 Å². The van der Waals surface area contributed by atoms with Gasteiger partial charge in [-0.25, -0.2) is 4.79 Å². The van der Waals surface area contributed by atoms with Crippen molar-refractivity contribution in [2.75, 3.05) is 18.2 Å². The van der Waals surface area contributed by atoms with E-state index in [0.29, 0.717) is 30.7 Å². The molecule has 1 aliphatic heterocycles. The van der Waals surface area contributed by atoms with Gasteiger partial charge in [0, 0.05) is 19.0 Å². The summed E-state index contributed by atoms with van der Waals surface area (Å²) >= 11 is 0. The summed E-state index contributed by atoms with van der Waals surface area (Å²) in [5.41, 5.74) is 1.16. The summed E-state index contributed by atoms with van der Waals surface area (Å²) in [6.07, 6.45) is 4.91. The molecule has 4 rings (SSSR count). The molecule has 0 saturated heterocycles. The normalized spacial score (nSPS) is 22.1. The van der Waals surface area contributed by atoms with Crippen LogP contribution >= 0.6 is 0 Å². The van der Waals surface area contributed by atoms with E-state index in [9.17, 15) is 9.59 Å². The number of ether oxygens (including phenoxy) is 1. The van der Waals surface area contributed by atoms with Crippen LogP contribution in [-0.4, -0.2) is 47.7 Å². The Hall–Kier alpha value is -2.37. The summed E-state index contributed by atoms with van der Waals surface area (Å²) in [6, 6.07) is 9.49. The second kappa shape index (κ2) is 7.09. The van der Waals surface area contributed by atoms with Crippen LogP contribution < -0.4 is 5.01 Å².